The second kappa shape index (κ2) is 6.72. The van der Waals surface area contributed by atoms with Gasteiger partial charge in [0.25, 0.3) is 5.91 Å². The molecule has 0 saturated carbocycles. The van der Waals surface area contributed by atoms with Crippen LogP contribution in [0.25, 0.3) is 5.65 Å². The maximum absolute atomic E-state index is 12.8. The van der Waals surface area contributed by atoms with Crippen LogP contribution in [0.15, 0.2) is 53.3 Å². The first kappa shape index (κ1) is 16.0. The molecule has 0 aliphatic rings. The Balaban J connectivity index is 1.90. The van der Waals surface area contributed by atoms with Crippen LogP contribution < -0.4 is 0 Å². The van der Waals surface area contributed by atoms with Crippen LogP contribution in [0.1, 0.15) is 23.0 Å². The first-order valence-electron chi connectivity index (χ1n) is 7.25. The molecule has 4 nitrogen and oxygen atoms in total. The first-order chi connectivity index (χ1) is 11.1. The van der Waals surface area contributed by atoms with Crippen molar-refractivity contribution in [3.05, 3.63) is 69.5 Å². The molecule has 0 atom stereocenters. The van der Waals surface area contributed by atoms with Crippen molar-refractivity contribution < 1.29 is 4.79 Å². The average Bonchev–Trinajstić information content (AvgIpc) is 2.97. The van der Waals surface area contributed by atoms with Gasteiger partial charge in [0.2, 0.25) is 0 Å². The van der Waals surface area contributed by atoms with Gasteiger partial charge in [-0.2, -0.15) is 0 Å². The molecule has 0 saturated heterocycles. The van der Waals surface area contributed by atoms with Crippen LogP contribution in [0.2, 0.25) is 5.02 Å². The lowest BCUT2D eigenvalue weighted by atomic mass is 10.2. The van der Waals surface area contributed by atoms with Crippen LogP contribution >= 0.6 is 27.5 Å². The zero-order valence-electron chi connectivity index (χ0n) is 12.5. The number of amides is 1. The van der Waals surface area contributed by atoms with E-state index in [1.807, 2.05) is 41.8 Å². The normalized spacial score (nSPS) is 10.9. The third kappa shape index (κ3) is 3.26. The molecular weight excluding hydrogens is 378 g/mol. The van der Waals surface area contributed by atoms with E-state index in [0.29, 0.717) is 23.7 Å². The molecule has 0 fully saturated rings. The highest BCUT2D eigenvalue weighted by Crippen LogP contribution is 2.23. The summed E-state index contributed by atoms with van der Waals surface area (Å²) in [6.07, 6.45) is 3.75. The van der Waals surface area contributed by atoms with E-state index in [9.17, 15) is 4.79 Å². The first-order valence-corrected chi connectivity index (χ1v) is 8.42. The highest BCUT2D eigenvalue weighted by molar-refractivity contribution is 9.10. The van der Waals surface area contributed by atoms with E-state index < -0.39 is 0 Å². The summed E-state index contributed by atoms with van der Waals surface area (Å²) < 4.78 is 2.81. The molecule has 0 unspecified atom stereocenters. The largest absolute Gasteiger partial charge is 0.333 e. The van der Waals surface area contributed by atoms with E-state index >= 15 is 0 Å². The predicted octanol–water partition coefficient (Wildman–Crippen LogP) is 4.41. The van der Waals surface area contributed by atoms with Gasteiger partial charge in [0.05, 0.1) is 29.0 Å². The number of carbonyl (C=O) groups excluding carboxylic acids is 1. The van der Waals surface area contributed by atoms with E-state index in [-0.39, 0.29) is 5.91 Å². The minimum atomic E-state index is -0.0929. The summed E-state index contributed by atoms with van der Waals surface area (Å²) in [6, 6.07) is 11.1. The van der Waals surface area contributed by atoms with Crippen molar-refractivity contribution in [2.45, 2.75) is 13.5 Å². The number of aromatic nitrogens is 2. The van der Waals surface area contributed by atoms with Crippen molar-refractivity contribution in [1.82, 2.24) is 14.3 Å². The summed E-state index contributed by atoms with van der Waals surface area (Å²) in [5.41, 5.74) is 2.32. The predicted molar refractivity (Wildman–Crippen MR) is 94.8 cm³/mol. The Morgan fingerprint density at radius 2 is 2.17 bits per heavy atom. The Hall–Kier alpha value is -1.85. The monoisotopic (exact) mass is 391 g/mol. The van der Waals surface area contributed by atoms with Gasteiger partial charge < -0.3 is 9.30 Å². The highest BCUT2D eigenvalue weighted by atomic mass is 79.9. The molecule has 0 bridgehead atoms. The van der Waals surface area contributed by atoms with E-state index in [0.717, 1.165) is 15.8 Å². The maximum Gasteiger partial charge on any atom is 0.255 e. The summed E-state index contributed by atoms with van der Waals surface area (Å²) in [4.78, 5) is 18.9. The Kier molecular flexibility index (Phi) is 4.68. The van der Waals surface area contributed by atoms with E-state index in [1.165, 1.54) is 0 Å². The van der Waals surface area contributed by atoms with Gasteiger partial charge in [-0.25, -0.2) is 4.98 Å². The number of carbonyl (C=O) groups is 1. The molecule has 3 aromatic rings. The molecular formula is C17H15BrClN3O. The third-order valence-corrected chi connectivity index (χ3v) is 4.50. The number of rotatable bonds is 4. The molecule has 1 amide bonds. The lowest BCUT2D eigenvalue weighted by Gasteiger charge is -2.21. The van der Waals surface area contributed by atoms with E-state index in [4.69, 9.17) is 11.6 Å². The molecule has 3 rings (SSSR count). The molecule has 23 heavy (non-hydrogen) atoms. The minimum absolute atomic E-state index is 0.0929. The Morgan fingerprint density at radius 1 is 1.35 bits per heavy atom. The van der Waals surface area contributed by atoms with Crippen molar-refractivity contribution in [3.63, 3.8) is 0 Å². The molecule has 0 radical (unpaired) electrons. The second-order valence-corrected chi connectivity index (χ2v) is 6.44. The molecule has 0 N–H and O–H groups in total. The van der Waals surface area contributed by atoms with Crippen LogP contribution in [-0.2, 0) is 6.54 Å². The van der Waals surface area contributed by atoms with Crippen molar-refractivity contribution >= 4 is 39.1 Å². The number of imidazole rings is 1. The zero-order valence-corrected chi connectivity index (χ0v) is 14.9. The second-order valence-electron chi connectivity index (χ2n) is 5.12. The average molecular weight is 393 g/mol. The van der Waals surface area contributed by atoms with Gasteiger partial charge in [0.15, 0.2) is 0 Å². The van der Waals surface area contributed by atoms with E-state index in [1.54, 1.807) is 23.2 Å². The lowest BCUT2D eigenvalue weighted by Crippen LogP contribution is -2.31. The van der Waals surface area contributed by atoms with Crippen LogP contribution in [-0.4, -0.2) is 26.7 Å². The molecule has 2 heterocycles. The fourth-order valence-corrected chi connectivity index (χ4v) is 3.02. The number of fused-ring (bicyclic) bond motifs is 1. The van der Waals surface area contributed by atoms with Crippen molar-refractivity contribution in [1.29, 1.82) is 0 Å². The Labute approximate surface area is 147 Å². The summed E-state index contributed by atoms with van der Waals surface area (Å²) in [6.45, 7) is 3.01. The number of hydrogen-bond acceptors (Lipinski definition) is 2. The standard InChI is InChI=1S/C17H15BrClN3O/c1-2-21(17(23)14-9-12(18)6-7-15(14)19)11-13-10-20-16-5-3-4-8-22(13)16/h3-10H,2,11H2,1H3. The van der Waals surface area contributed by atoms with Gasteiger partial charge >= 0.3 is 0 Å². The molecule has 0 spiro atoms. The molecule has 6 heteroatoms. The van der Waals surface area contributed by atoms with Crippen LogP contribution in [0, 0.1) is 0 Å². The molecule has 118 valence electrons. The van der Waals surface area contributed by atoms with Crippen molar-refractivity contribution in [2.75, 3.05) is 6.54 Å². The summed E-state index contributed by atoms with van der Waals surface area (Å²) in [7, 11) is 0. The Morgan fingerprint density at radius 3 is 2.96 bits per heavy atom. The van der Waals surface area contributed by atoms with Crippen LogP contribution in [0.5, 0.6) is 0 Å². The summed E-state index contributed by atoms with van der Waals surface area (Å²) in [5, 5.41) is 0.454. The maximum atomic E-state index is 12.8. The topological polar surface area (TPSA) is 37.6 Å². The fourth-order valence-electron chi connectivity index (χ4n) is 2.46. The van der Waals surface area contributed by atoms with Gasteiger partial charge in [-0.3, -0.25) is 4.79 Å². The molecule has 0 aliphatic carbocycles. The zero-order chi connectivity index (χ0) is 16.4. The van der Waals surface area contributed by atoms with Gasteiger partial charge in [0.1, 0.15) is 5.65 Å². The Bertz CT molecular complexity index is 862. The number of benzene rings is 1. The van der Waals surface area contributed by atoms with Crippen LogP contribution in [0.4, 0.5) is 0 Å². The van der Waals surface area contributed by atoms with Crippen LogP contribution in [0.3, 0.4) is 0 Å². The fraction of sp³-hybridized carbons (Fsp3) is 0.176. The highest BCUT2D eigenvalue weighted by Gasteiger charge is 2.19. The molecule has 2 aromatic heterocycles. The SMILES string of the molecule is CCN(Cc1cnc2ccccn12)C(=O)c1cc(Br)ccc1Cl. The molecule has 0 aliphatic heterocycles. The number of pyridine rings is 1. The van der Waals surface area contributed by atoms with Gasteiger partial charge in [-0.1, -0.05) is 33.6 Å². The van der Waals surface area contributed by atoms with E-state index in [2.05, 4.69) is 20.9 Å². The molecule has 1 aromatic carbocycles. The summed E-state index contributed by atoms with van der Waals surface area (Å²) >= 11 is 9.57. The summed E-state index contributed by atoms with van der Waals surface area (Å²) in [5.74, 6) is -0.0929. The third-order valence-electron chi connectivity index (χ3n) is 3.67. The lowest BCUT2D eigenvalue weighted by molar-refractivity contribution is 0.0750. The van der Waals surface area contributed by atoms with Gasteiger partial charge in [-0.05, 0) is 37.3 Å². The smallest absolute Gasteiger partial charge is 0.255 e. The van der Waals surface area contributed by atoms with Gasteiger partial charge in [-0.15, -0.1) is 0 Å². The number of hydrogen-bond donors (Lipinski definition) is 0. The quantitative estimate of drug-likeness (QED) is 0.659. The number of halogens is 2. The van der Waals surface area contributed by atoms with Crippen molar-refractivity contribution in [3.8, 4) is 0 Å². The van der Waals surface area contributed by atoms with Gasteiger partial charge in [0, 0.05) is 17.2 Å². The van der Waals surface area contributed by atoms with Crippen molar-refractivity contribution in [2.24, 2.45) is 0 Å². The number of nitrogens with zero attached hydrogens (tertiary/aromatic N) is 3. The minimum Gasteiger partial charge on any atom is -0.333 e.